The molecule has 1 aromatic carbocycles. The van der Waals surface area contributed by atoms with E-state index in [2.05, 4.69) is 17.6 Å². The summed E-state index contributed by atoms with van der Waals surface area (Å²) in [4.78, 5) is 23.4. The quantitative estimate of drug-likeness (QED) is 0.405. The van der Waals surface area contributed by atoms with Crippen LogP contribution in [0.1, 0.15) is 31.7 Å². The number of carboxylic acid groups (broad SMARTS) is 1. The number of hydrogen-bond donors (Lipinski definition) is 3. The molecule has 0 bridgehead atoms. The van der Waals surface area contributed by atoms with Crippen LogP contribution in [0.25, 0.3) is 0 Å². The Balaban J connectivity index is 2.70. The van der Waals surface area contributed by atoms with Gasteiger partial charge in [-0.3, -0.25) is 4.79 Å². The number of rotatable bonds is 11. The zero-order valence-corrected chi connectivity index (χ0v) is 15.9. The summed E-state index contributed by atoms with van der Waals surface area (Å²) in [5.74, 6) is -0.929. The molecule has 1 amide bonds. The summed E-state index contributed by atoms with van der Waals surface area (Å²) in [6.45, 7) is 2.13. The zero-order chi connectivity index (χ0) is 19.4. The lowest BCUT2D eigenvalue weighted by molar-refractivity contribution is -0.139. The highest BCUT2D eigenvalue weighted by molar-refractivity contribution is 7.98. The van der Waals surface area contributed by atoms with Crippen molar-refractivity contribution in [3.8, 4) is 6.07 Å². The molecule has 26 heavy (non-hydrogen) atoms. The van der Waals surface area contributed by atoms with E-state index in [0.717, 1.165) is 19.3 Å². The lowest BCUT2D eigenvalue weighted by Crippen LogP contribution is -2.34. The van der Waals surface area contributed by atoms with Crippen LogP contribution >= 0.6 is 11.8 Å². The van der Waals surface area contributed by atoms with Crippen LogP contribution in [0.4, 0.5) is 5.69 Å². The van der Waals surface area contributed by atoms with Gasteiger partial charge in [-0.25, -0.2) is 4.79 Å². The highest BCUT2D eigenvalue weighted by Gasteiger charge is 2.16. The monoisotopic (exact) mass is 375 g/mol. The molecule has 0 saturated carbocycles. The van der Waals surface area contributed by atoms with Crippen molar-refractivity contribution in [2.45, 2.75) is 38.6 Å². The van der Waals surface area contributed by atoms with E-state index in [1.807, 2.05) is 18.4 Å². The number of benzene rings is 1. The molecular weight excluding hydrogens is 350 g/mol. The van der Waals surface area contributed by atoms with E-state index in [4.69, 9.17) is 5.11 Å². The number of nitriles is 1. The highest BCUT2D eigenvalue weighted by Crippen LogP contribution is 2.13. The third-order valence-electron chi connectivity index (χ3n) is 3.73. The first-order chi connectivity index (χ1) is 12.5. The molecule has 1 rings (SSSR count). The van der Waals surface area contributed by atoms with E-state index in [9.17, 15) is 14.9 Å². The molecular formula is C19H25N3O3S. The molecule has 1 atom stereocenters. The van der Waals surface area contributed by atoms with E-state index in [-0.39, 0.29) is 5.57 Å². The minimum atomic E-state index is -1.02. The molecule has 0 aromatic heterocycles. The van der Waals surface area contributed by atoms with Crippen LogP contribution in [0, 0.1) is 11.3 Å². The Hall–Kier alpha value is -2.46. The lowest BCUT2D eigenvalue weighted by Gasteiger charge is -2.12. The lowest BCUT2D eigenvalue weighted by atomic mass is 10.1. The summed E-state index contributed by atoms with van der Waals surface area (Å²) in [7, 11) is 0. The Labute approximate surface area is 158 Å². The molecule has 0 aliphatic carbocycles. The third-order valence-corrected chi connectivity index (χ3v) is 4.38. The third kappa shape index (κ3) is 7.62. The Bertz CT molecular complexity index is 666. The number of anilines is 1. The molecule has 1 aromatic rings. The van der Waals surface area contributed by atoms with Gasteiger partial charge in [0.25, 0.3) is 5.91 Å². The average Bonchev–Trinajstić information content (AvgIpc) is 2.63. The van der Waals surface area contributed by atoms with E-state index in [1.54, 1.807) is 18.2 Å². The molecule has 3 N–H and O–H groups in total. The Morgan fingerprint density at radius 3 is 2.58 bits per heavy atom. The molecule has 0 aliphatic rings. The van der Waals surface area contributed by atoms with Crippen LogP contribution in [0.5, 0.6) is 0 Å². The number of hydrogen-bond acceptors (Lipinski definition) is 5. The number of nitrogens with zero attached hydrogens (tertiary/aromatic N) is 1. The summed E-state index contributed by atoms with van der Waals surface area (Å²) in [6.07, 6.45) is 6.67. The van der Waals surface area contributed by atoms with E-state index < -0.39 is 17.9 Å². The van der Waals surface area contributed by atoms with Gasteiger partial charge in [-0.1, -0.05) is 25.5 Å². The topological polar surface area (TPSA) is 102 Å². The molecule has 0 fully saturated rings. The van der Waals surface area contributed by atoms with Gasteiger partial charge >= 0.3 is 5.97 Å². The van der Waals surface area contributed by atoms with Crippen molar-refractivity contribution >= 4 is 29.3 Å². The average molecular weight is 375 g/mol. The second kappa shape index (κ2) is 12.0. The Morgan fingerprint density at radius 2 is 2.04 bits per heavy atom. The van der Waals surface area contributed by atoms with Crippen molar-refractivity contribution in [2.24, 2.45) is 0 Å². The van der Waals surface area contributed by atoms with Crippen molar-refractivity contribution in [3.63, 3.8) is 0 Å². The summed E-state index contributed by atoms with van der Waals surface area (Å²) in [5, 5.41) is 23.6. The van der Waals surface area contributed by atoms with Crippen molar-refractivity contribution in [1.82, 2.24) is 5.32 Å². The normalized spacial score (nSPS) is 12.1. The van der Waals surface area contributed by atoms with Crippen LogP contribution in [0.3, 0.4) is 0 Å². The number of thioether (sulfide) groups is 1. The molecule has 0 aliphatic heterocycles. The van der Waals surface area contributed by atoms with Gasteiger partial charge in [0, 0.05) is 11.9 Å². The Kier molecular flexibility index (Phi) is 9.95. The maximum absolute atomic E-state index is 12.2. The van der Waals surface area contributed by atoms with Crippen LogP contribution in [0.15, 0.2) is 36.0 Å². The minimum Gasteiger partial charge on any atom is -0.480 e. The summed E-state index contributed by atoms with van der Waals surface area (Å²) in [5.41, 5.74) is 1.62. The number of aryl methyl sites for hydroxylation is 1. The number of aliphatic carboxylic acids is 1. The molecule has 7 heteroatoms. The number of amides is 1. The molecule has 0 spiro atoms. The summed E-state index contributed by atoms with van der Waals surface area (Å²) < 4.78 is 0. The smallest absolute Gasteiger partial charge is 0.326 e. The van der Waals surface area contributed by atoms with Gasteiger partial charge in [-0.05, 0) is 49.0 Å². The maximum atomic E-state index is 12.2. The molecule has 0 heterocycles. The SMILES string of the molecule is CCCCc1ccc(NC(=O)/C(C#N)=C\NC(CCSC)C(=O)O)cc1. The second-order valence-electron chi connectivity index (χ2n) is 5.76. The van der Waals surface area contributed by atoms with E-state index in [0.29, 0.717) is 17.9 Å². The number of nitrogens with one attached hydrogen (secondary N) is 2. The predicted octanol–water partition coefficient (Wildman–Crippen LogP) is 3.17. The molecule has 0 radical (unpaired) electrons. The van der Waals surface area contributed by atoms with Crippen LogP contribution < -0.4 is 10.6 Å². The molecule has 0 saturated heterocycles. The fraction of sp³-hybridized carbons (Fsp3) is 0.421. The minimum absolute atomic E-state index is 0.171. The largest absolute Gasteiger partial charge is 0.480 e. The fourth-order valence-corrected chi connectivity index (χ4v) is 2.65. The number of carbonyl (C=O) groups excluding carboxylic acids is 1. The van der Waals surface area contributed by atoms with Crippen LogP contribution in [-0.4, -0.2) is 35.0 Å². The van der Waals surface area contributed by atoms with Gasteiger partial charge in [0.2, 0.25) is 0 Å². The maximum Gasteiger partial charge on any atom is 0.326 e. The molecule has 6 nitrogen and oxygen atoms in total. The van der Waals surface area contributed by atoms with Gasteiger partial charge in [0.05, 0.1) is 0 Å². The van der Waals surface area contributed by atoms with Crippen molar-refractivity contribution in [3.05, 3.63) is 41.6 Å². The van der Waals surface area contributed by atoms with Gasteiger partial charge in [0.15, 0.2) is 0 Å². The summed E-state index contributed by atoms with van der Waals surface area (Å²) in [6, 6.07) is 8.45. The van der Waals surface area contributed by atoms with Crippen molar-refractivity contribution in [1.29, 1.82) is 5.26 Å². The molecule has 1 unspecified atom stereocenters. The van der Waals surface area contributed by atoms with Crippen molar-refractivity contribution < 1.29 is 14.7 Å². The summed E-state index contributed by atoms with van der Waals surface area (Å²) >= 11 is 1.53. The highest BCUT2D eigenvalue weighted by atomic mass is 32.2. The Morgan fingerprint density at radius 1 is 1.35 bits per heavy atom. The first kappa shape index (κ1) is 21.6. The first-order valence-corrected chi connectivity index (χ1v) is 9.89. The number of carbonyl (C=O) groups is 2. The number of carboxylic acids is 1. The zero-order valence-electron chi connectivity index (χ0n) is 15.1. The first-order valence-electron chi connectivity index (χ1n) is 8.50. The van der Waals surface area contributed by atoms with Gasteiger partial charge in [0.1, 0.15) is 17.7 Å². The standard InChI is InChI=1S/C19H25N3O3S/c1-3-4-5-14-6-8-16(9-7-14)22-18(23)15(12-20)13-21-17(19(24)25)10-11-26-2/h6-9,13,17,21H,3-5,10-11H2,1-2H3,(H,22,23)(H,24,25)/b15-13-. The van der Waals surface area contributed by atoms with Crippen LogP contribution in [0.2, 0.25) is 0 Å². The van der Waals surface area contributed by atoms with E-state index in [1.165, 1.54) is 23.5 Å². The van der Waals surface area contributed by atoms with Gasteiger partial charge in [-0.2, -0.15) is 17.0 Å². The number of unbranched alkanes of at least 4 members (excludes halogenated alkanes) is 1. The second-order valence-corrected chi connectivity index (χ2v) is 6.75. The molecule has 140 valence electrons. The fourth-order valence-electron chi connectivity index (χ4n) is 2.18. The van der Waals surface area contributed by atoms with Gasteiger partial charge < -0.3 is 15.7 Å². The van der Waals surface area contributed by atoms with Gasteiger partial charge in [-0.15, -0.1) is 0 Å². The van der Waals surface area contributed by atoms with Crippen molar-refractivity contribution in [2.75, 3.05) is 17.3 Å². The van der Waals surface area contributed by atoms with Crippen LogP contribution in [-0.2, 0) is 16.0 Å². The van der Waals surface area contributed by atoms with E-state index >= 15 is 0 Å². The predicted molar refractivity (Wildman–Crippen MR) is 105 cm³/mol.